The molecular weight excluding hydrogens is 629 g/mol. The molecule has 0 aromatic heterocycles. The number of carbonyl (C=O) groups excluding carboxylic acids is 2. The van der Waals surface area contributed by atoms with Crippen LogP contribution in [0.5, 0.6) is 5.75 Å². The van der Waals surface area contributed by atoms with E-state index in [-0.39, 0.29) is 29.5 Å². The minimum Gasteiger partial charge on any atom is -0.406 e. The molecule has 1 saturated heterocycles. The van der Waals surface area contributed by atoms with E-state index in [2.05, 4.69) is 25.5 Å². The van der Waals surface area contributed by atoms with Gasteiger partial charge in [0, 0.05) is 0 Å². The van der Waals surface area contributed by atoms with Gasteiger partial charge >= 0.3 is 12.4 Å². The topological polar surface area (TPSA) is 98.6 Å². The fourth-order valence-electron chi connectivity index (χ4n) is 4.83. The lowest BCUT2D eigenvalue weighted by atomic mass is 9.99. The van der Waals surface area contributed by atoms with E-state index in [1.165, 1.54) is 40.9 Å². The Bertz CT molecular complexity index is 1650. The molecule has 5 rings (SSSR count). The van der Waals surface area contributed by atoms with Crippen molar-refractivity contribution < 1.29 is 27.5 Å². The molecule has 0 bridgehead atoms. The Morgan fingerprint density at radius 3 is 2.62 bits per heavy atom. The number of amidine groups is 1. The highest BCUT2D eigenvalue weighted by Gasteiger charge is 2.33. The highest BCUT2D eigenvalue weighted by atomic mass is 35.5. The number of amides is 3. The summed E-state index contributed by atoms with van der Waals surface area (Å²) >= 11 is 7.71. The zero-order valence-corrected chi connectivity index (χ0v) is 26.1. The third-order valence-electron chi connectivity index (χ3n) is 6.99. The van der Waals surface area contributed by atoms with Crippen LogP contribution in [0.1, 0.15) is 42.9 Å². The van der Waals surface area contributed by atoms with Crippen molar-refractivity contribution in [1.82, 2.24) is 5.43 Å². The summed E-state index contributed by atoms with van der Waals surface area (Å²) in [5, 5.41) is 4.97. The van der Waals surface area contributed by atoms with Gasteiger partial charge in [0.05, 0.1) is 27.8 Å². The molecule has 1 unspecified atom stereocenters. The maximum Gasteiger partial charge on any atom is 0.573 e. The molecule has 9 nitrogen and oxygen atoms in total. The summed E-state index contributed by atoms with van der Waals surface area (Å²) in [5.41, 5.74) is 7.79. The second kappa shape index (κ2) is 13.5. The number of alkyl halides is 3. The van der Waals surface area contributed by atoms with E-state index in [0.717, 1.165) is 22.4 Å². The van der Waals surface area contributed by atoms with Crippen LogP contribution in [0.15, 0.2) is 70.6 Å². The molecule has 45 heavy (non-hydrogen) atoms. The van der Waals surface area contributed by atoms with E-state index in [9.17, 15) is 22.8 Å². The smallest absolute Gasteiger partial charge is 0.406 e. The van der Waals surface area contributed by atoms with Gasteiger partial charge in [0.2, 0.25) is 5.91 Å². The van der Waals surface area contributed by atoms with Gasteiger partial charge in [0.1, 0.15) is 18.3 Å². The SMILES string of the molecule is Cc1ccc(C(C)C)c(N2C(=O)CS/C2=N\C(=O)Nc2ccc(CCC3N=CN(c4ccc(OC(F)(F)F)cc4)N3)cc2Cl)c1. The first-order chi connectivity index (χ1) is 21.4. The van der Waals surface area contributed by atoms with E-state index in [1.807, 2.05) is 45.0 Å². The quantitative estimate of drug-likeness (QED) is 0.258. The van der Waals surface area contributed by atoms with Crippen LogP contribution in [-0.4, -0.2) is 41.7 Å². The number of carbonyl (C=O) groups is 2. The van der Waals surface area contributed by atoms with Crippen molar-refractivity contribution in [2.75, 3.05) is 21.0 Å². The van der Waals surface area contributed by atoms with Gasteiger partial charge in [0.15, 0.2) is 5.17 Å². The fourth-order valence-corrected chi connectivity index (χ4v) is 5.94. The fraction of sp³-hybridized carbons (Fsp3) is 0.290. The molecule has 3 aromatic carbocycles. The molecule has 3 aromatic rings. The lowest BCUT2D eigenvalue weighted by molar-refractivity contribution is -0.274. The number of halogens is 4. The van der Waals surface area contributed by atoms with Gasteiger partial charge in [-0.05, 0) is 84.8 Å². The lowest BCUT2D eigenvalue weighted by Gasteiger charge is -2.22. The molecule has 1 fully saturated rings. The number of benzene rings is 3. The van der Waals surface area contributed by atoms with Crippen molar-refractivity contribution in [3.8, 4) is 5.75 Å². The van der Waals surface area contributed by atoms with Crippen LogP contribution in [0.25, 0.3) is 0 Å². The summed E-state index contributed by atoms with van der Waals surface area (Å²) in [6.45, 7) is 6.05. The van der Waals surface area contributed by atoms with Crippen LogP contribution >= 0.6 is 23.4 Å². The largest absolute Gasteiger partial charge is 0.573 e. The maximum atomic E-state index is 12.9. The number of nitrogens with one attached hydrogen (secondary N) is 2. The molecule has 2 N–H and O–H groups in total. The summed E-state index contributed by atoms with van der Waals surface area (Å²) in [7, 11) is 0. The van der Waals surface area contributed by atoms with E-state index < -0.39 is 12.4 Å². The summed E-state index contributed by atoms with van der Waals surface area (Å²) in [6.07, 6.45) is -2.23. The number of thioether (sulfide) groups is 1. The van der Waals surface area contributed by atoms with E-state index in [0.29, 0.717) is 34.4 Å². The van der Waals surface area contributed by atoms with E-state index in [1.54, 1.807) is 23.5 Å². The van der Waals surface area contributed by atoms with Crippen LogP contribution in [0.3, 0.4) is 0 Å². The van der Waals surface area contributed by atoms with Gasteiger partial charge in [0.25, 0.3) is 0 Å². The molecule has 2 aliphatic heterocycles. The number of hydrogen-bond donors (Lipinski definition) is 2. The predicted molar refractivity (Wildman–Crippen MR) is 172 cm³/mol. The average molecular weight is 659 g/mol. The van der Waals surface area contributed by atoms with E-state index >= 15 is 0 Å². The minimum absolute atomic E-state index is 0.140. The Morgan fingerprint density at radius 2 is 1.93 bits per heavy atom. The van der Waals surface area contributed by atoms with Crippen molar-refractivity contribution in [2.45, 2.75) is 52.1 Å². The summed E-state index contributed by atoms with van der Waals surface area (Å²) in [4.78, 5) is 35.9. The third-order valence-corrected chi connectivity index (χ3v) is 8.23. The summed E-state index contributed by atoms with van der Waals surface area (Å²) in [5.74, 6) is -0.0866. The molecule has 14 heteroatoms. The molecular formula is C31H30ClF3N6O3S. The first-order valence-electron chi connectivity index (χ1n) is 14.0. The van der Waals surface area contributed by atoms with Crippen LogP contribution < -0.4 is 25.4 Å². The highest BCUT2D eigenvalue weighted by Crippen LogP contribution is 2.34. The van der Waals surface area contributed by atoms with Crippen molar-refractivity contribution in [3.63, 3.8) is 0 Å². The first kappa shape index (κ1) is 32.3. The van der Waals surface area contributed by atoms with Crippen LogP contribution in [0, 0.1) is 6.92 Å². The van der Waals surface area contributed by atoms with Gasteiger partial charge in [-0.2, -0.15) is 4.99 Å². The van der Waals surface area contributed by atoms with Gasteiger partial charge in [-0.25, -0.2) is 10.2 Å². The lowest BCUT2D eigenvalue weighted by Crippen LogP contribution is -2.37. The highest BCUT2D eigenvalue weighted by molar-refractivity contribution is 8.15. The number of ether oxygens (including phenoxy) is 1. The van der Waals surface area contributed by atoms with Crippen LogP contribution in [0.2, 0.25) is 5.02 Å². The summed E-state index contributed by atoms with van der Waals surface area (Å²) in [6, 6.07) is 16.0. The van der Waals surface area contributed by atoms with Crippen molar-refractivity contribution >= 4 is 63.9 Å². The number of anilines is 3. The molecule has 0 aliphatic carbocycles. The number of hydrogen-bond acceptors (Lipinski definition) is 7. The molecule has 2 heterocycles. The number of urea groups is 1. The van der Waals surface area contributed by atoms with Crippen LogP contribution in [0.4, 0.5) is 35.0 Å². The normalized spacial score (nSPS) is 17.6. The van der Waals surface area contributed by atoms with Crippen molar-refractivity contribution in [1.29, 1.82) is 0 Å². The Balaban J connectivity index is 1.17. The standard InChI is InChI=1S/C31H30ClF3N6O3S/c1-18(2)23-11-4-19(3)14-26(23)41-28(42)16-45-30(41)38-29(43)37-25-12-5-20(15-24(25)32)6-13-27-36-17-40(39-27)21-7-9-22(10-8-21)44-31(33,34)35/h4-5,7-12,14-15,17-18,27,39H,6,13,16H2,1-3H3,(H,37,43)/b38-30-. The van der Waals surface area contributed by atoms with Crippen LogP contribution in [-0.2, 0) is 11.2 Å². The Labute approximate surface area is 267 Å². The second-order valence-electron chi connectivity index (χ2n) is 10.7. The maximum absolute atomic E-state index is 12.9. The van der Waals surface area contributed by atoms with E-state index in [4.69, 9.17) is 11.6 Å². The number of aryl methyl sites for hydroxylation is 2. The molecule has 3 amide bonds. The molecule has 2 aliphatic rings. The van der Waals surface area contributed by atoms with Gasteiger partial charge in [-0.15, -0.1) is 13.2 Å². The van der Waals surface area contributed by atoms with Crippen molar-refractivity contribution in [2.24, 2.45) is 9.98 Å². The zero-order valence-electron chi connectivity index (χ0n) is 24.6. The molecule has 0 saturated carbocycles. The monoisotopic (exact) mass is 658 g/mol. The number of rotatable bonds is 8. The molecule has 236 valence electrons. The first-order valence-corrected chi connectivity index (χ1v) is 15.4. The van der Waals surface area contributed by atoms with Crippen molar-refractivity contribution in [3.05, 3.63) is 82.4 Å². The second-order valence-corrected chi connectivity index (χ2v) is 12.1. The minimum atomic E-state index is -4.75. The Hall–Kier alpha value is -4.07. The molecule has 0 spiro atoms. The number of hydrazine groups is 1. The van der Waals surface area contributed by atoms with Gasteiger partial charge in [-0.1, -0.05) is 55.4 Å². The third kappa shape index (κ3) is 8.16. The zero-order chi connectivity index (χ0) is 32.3. The molecule has 0 radical (unpaired) electrons. The van der Waals surface area contributed by atoms with Gasteiger partial charge in [-0.3, -0.25) is 19.7 Å². The molecule has 1 atom stereocenters. The Morgan fingerprint density at radius 1 is 1.18 bits per heavy atom. The Kier molecular flexibility index (Phi) is 9.70. The predicted octanol–water partition coefficient (Wildman–Crippen LogP) is 7.65. The average Bonchev–Trinajstić information content (AvgIpc) is 3.59. The van der Waals surface area contributed by atoms with Gasteiger partial charge < -0.3 is 10.1 Å². The number of nitrogens with zero attached hydrogens (tertiary/aromatic N) is 4. The number of aliphatic imine (C=N–C) groups is 2. The summed E-state index contributed by atoms with van der Waals surface area (Å²) < 4.78 is 41.1.